The lowest BCUT2D eigenvalue weighted by Crippen LogP contribution is -2.53. The Morgan fingerprint density at radius 1 is 1.02 bits per heavy atom. The van der Waals surface area contributed by atoms with Crippen LogP contribution in [0.25, 0.3) is 0 Å². The third-order valence-corrected chi connectivity index (χ3v) is 13.7. The number of amides is 2. The predicted molar refractivity (Wildman–Crippen MR) is 214 cm³/mol. The Hall–Kier alpha value is -4.39. The van der Waals surface area contributed by atoms with Crippen molar-refractivity contribution in [3.05, 3.63) is 65.1 Å². The first-order valence-corrected chi connectivity index (χ1v) is 21.8. The smallest absolute Gasteiger partial charge is 0.388 e. The standard InChI is InChI=1S/C41H52F4N8O5S/c1-25-19-30(10-12-34(25)47-39-46-21-32(41(43,44)45)37(49-39)53-16-4-15-40(3,56)24-53)59(57,58)50-29-8-5-27(6-9-29)23-51-17-18-52(22-26(51)2)35-13-7-28(20-33(35)42)31-11-14-36(54)48-38(31)55/h7,10,12-13,19-21,26-27,29,31,50,56H,4-6,8-9,11,14-18,22-24H2,1-3H3,(H,46,47,49)(H,48,54,55)/t26-,27?,29?,31?,40+/m1/s1. The number of aliphatic hydroxyl groups is 1. The van der Waals surface area contributed by atoms with Gasteiger partial charge in [0.1, 0.15) is 17.2 Å². The molecule has 7 rings (SSSR count). The first kappa shape index (κ1) is 42.7. The number of aromatic nitrogens is 2. The molecular formula is C41H52F4N8O5S. The fourth-order valence-electron chi connectivity index (χ4n) is 8.91. The molecule has 13 nitrogen and oxygen atoms in total. The van der Waals surface area contributed by atoms with Gasteiger partial charge in [-0.3, -0.25) is 19.8 Å². The number of alkyl halides is 3. The van der Waals surface area contributed by atoms with Gasteiger partial charge in [0.05, 0.1) is 22.1 Å². The van der Waals surface area contributed by atoms with Crippen LogP contribution in [0, 0.1) is 18.7 Å². The molecule has 1 aliphatic carbocycles. The minimum absolute atomic E-state index is 0.0123. The molecule has 2 amide bonds. The van der Waals surface area contributed by atoms with Gasteiger partial charge in [0.25, 0.3) is 0 Å². The highest BCUT2D eigenvalue weighted by atomic mass is 32.2. The monoisotopic (exact) mass is 844 g/mol. The topological polar surface area (TPSA) is 160 Å². The second kappa shape index (κ2) is 16.9. The number of β-amino-alcohol motifs (C(OH)–C–C–N with tert-alkyl or cyclic N) is 1. The maximum Gasteiger partial charge on any atom is 0.421 e. The molecule has 1 unspecified atom stereocenters. The van der Waals surface area contributed by atoms with Crippen LogP contribution < -0.4 is 25.2 Å². The number of halogens is 4. The lowest BCUT2D eigenvalue weighted by atomic mass is 9.86. The summed E-state index contributed by atoms with van der Waals surface area (Å²) in [5, 5.41) is 15.8. The Morgan fingerprint density at radius 2 is 1.78 bits per heavy atom. The molecule has 3 saturated heterocycles. The van der Waals surface area contributed by atoms with Crippen molar-refractivity contribution in [2.24, 2.45) is 5.92 Å². The molecule has 4 fully saturated rings. The molecule has 2 aromatic carbocycles. The van der Waals surface area contributed by atoms with E-state index in [1.54, 1.807) is 32.0 Å². The van der Waals surface area contributed by atoms with E-state index in [0.29, 0.717) is 80.2 Å². The van der Waals surface area contributed by atoms with Crippen LogP contribution >= 0.6 is 0 Å². The average molecular weight is 845 g/mol. The number of hydrogen-bond donors (Lipinski definition) is 4. The van der Waals surface area contributed by atoms with Gasteiger partial charge >= 0.3 is 6.18 Å². The lowest BCUT2D eigenvalue weighted by molar-refractivity contribution is -0.138. The van der Waals surface area contributed by atoms with Crippen LogP contribution in [0.15, 0.2) is 47.5 Å². The van der Waals surface area contributed by atoms with E-state index in [1.165, 1.54) is 23.1 Å². The SMILES string of the molecule is Cc1cc(S(=O)(=O)NC2CCC(CN3CCN(c4ccc(C5CCC(=O)NC5=O)cc4F)C[C@H]3C)CC2)ccc1Nc1ncc(C(F)(F)F)c(N2CCC[C@](C)(O)C2)n1. The van der Waals surface area contributed by atoms with E-state index >= 15 is 4.39 Å². The molecular weight excluding hydrogens is 793 g/mol. The molecule has 18 heteroatoms. The van der Waals surface area contributed by atoms with Crippen molar-refractivity contribution < 1.29 is 40.7 Å². The van der Waals surface area contributed by atoms with Gasteiger partial charge < -0.3 is 20.2 Å². The summed E-state index contributed by atoms with van der Waals surface area (Å²) in [6.07, 6.45) is 0.641. The zero-order chi connectivity index (χ0) is 42.3. The Labute approximate surface area is 342 Å². The number of aryl methyl sites for hydroxylation is 1. The average Bonchev–Trinajstić information content (AvgIpc) is 3.16. The second-order valence-electron chi connectivity index (χ2n) is 16.9. The Balaban J connectivity index is 0.905. The van der Waals surface area contributed by atoms with Crippen molar-refractivity contribution in [3.63, 3.8) is 0 Å². The summed E-state index contributed by atoms with van der Waals surface area (Å²) in [6.45, 7) is 8.58. The van der Waals surface area contributed by atoms with Crippen LogP contribution in [-0.4, -0.2) is 97.2 Å². The molecule has 3 aliphatic heterocycles. The molecule has 59 heavy (non-hydrogen) atoms. The van der Waals surface area contributed by atoms with E-state index in [1.807, 2.05) is 4.90 Å². The van der Waals surface area contributed by atoms with Crippen molar-refractivity contribution in [1.29, 1.82) is 0 Å². The fourth-order valence-corrected chi connectivity index (χ4v) is 10.3. The highest BCUT2D eigenvalue weighted by Crippen LogP contribution is 2.38. The van der Waals surface area contributed by atoms with Gasteiger partial charge in [-0.2, -0.15) is 18.2 Å². The summed E-state index contributed by atoms with van der Waals surface area (Å²) in [4.78, 5) is 37.9. The summed E-state index contributed by atoms with van der Waals surface area (Å²) >= 11 is 0. The van der Waals surface area contributed by atoms with E-state index in [2.05, 4.69) is 37.1 Å². The summed E-state index contributed by atoms with van der Waals surface area (Å²) < 4.78 is 87.0. The largest absolute Gasteiger partial charge is 0.421 e. The number of piperidine rings is 2. The van der Waals surface area contributed by atoms with Crippen molar-refractivity contribution in [2.75, 3.05) is 54.4 Å². The lowest BCUT2D eigenvalue weighted by Gasteiger charge is -2.43. The second-order valence-corrected chi connectivity index (χ2v) is 18.6. The number of carbonyl (C=O) groups is 2. The number of carbonyl (C=O) groups excluding carboxylic acids is 2. The minimum atomic E-state index is -4.70. The molecule has 0 radical (unpaired) electrons. The van der Waals surface area contributed by atoms with E-state index < -0.39 is 39.2 Å². The number of nitrogens with one attached hydrogen (secondary N) is 3. The number of nitrogens with zero attached hydrogens (tertiary/aromatic N) is 5. The third kappa shape index (κ3) is 9.98. The minimum Gasteiger partial charge on any atom is -0.388 e. The Bertz CT molecular complexity index is 2170. The molecule has 0 bridgehead atoms. The molecule has 3 atom stereocenters. The van der Waals surface area contributed by atoms with Crippen LogP contribution in [0.2, 0.25) is 0 Å². The molecule has 1 saturated carbocycles. The first-order chi connectivity index (χ1) is 27.8. The Kier molecular flexibility index (Phi) is 12.3. The number of imide groups is 1. The summed E-state index contributed by atoms with van der Waals surface area (Å²) in [5.74, 6) is -1.65. The van der Waals surface area contributed by atoms with Crippen LogP contribution in [0.1, 0.15) is 87.8 Å². The summed E-state index contributed by atoms with van der Waals surface area (Å²) in [5.41, 5.74) is -0.138. The van der Waals surface area contributed by atoms with Gasteiger partial charge in [-0.05, 0) is 113 Å². The van der Waals surface area contributed by atoms with Crippen molar-refractivity contribution in [2.45, 2.75) is 107 Å². The number of rotatable bonds is 10. The van der Waals surface area contributed by atoms with Crippen LogP contribution in [-0.2, 0) is 25.8 Å². The number of benzene rings is 2. The Morgan fingerprint density at radius 3 is 2.44 bits per heavy atom. The highest BCUT2D eigenvalue weighted by Gasteiger charge is 2.40. The van der Waals surface area contributed by atoms with E-state index in [4.69, 9.17) is 0 Å². The number of hydrogen-bond acceptors (Lipinski definition) is 11. The summed E-state index contributed by atoms with van der Waals surface area (Å²) in [7, 11) is -3.87. The van der Waals surface area contributed by atoms with Crippen LogP contribution in [0.3, 0.4) is 0 Å². The first-order valence-electron chi connectivity index (χ1n) is 20.3. The quantitative estimate of drug-likeness (QED) is 0.149. The van der Waals surface area contributed by atoms with Crippen LogP contribution in [0.5, 0.6) is 0 Å². The normalized spacial score (nSPS) is 26.2. The number of sulfonamides is 1. The van der Waals surface area contributed by atoms with Crippen molar-refractivity contribution in [3.8, 4) is 0 Å². The van der Waals surface area contributed by atoms with E-state index in [9.17, 15) is 36.3 Å². The number of anilines is 4. The van der Waals surface area contributed by atoms with Crippen LogP contribution in [0.4, 0.5) is 40.7 Å². The van der Waals surface area contributed by atoms with Gasteiger partial charge in [-0.25, -0.2) is 22.5 Å². The maximum atomic E-state index is 15.4. The predicted octanol–water partition coefficient (Wildman–Crippen LogP) is 5.61. The van der Waals surface area contributed by atoms with Crippen molar-refractivity contribution in [1.82, 2.24) is 24.9 Å². The number of piperazine rings is 1. The zero-order valence-electron chi connectivity index (χ0n) is 33.5. The maximum absolute atomic E-state index is 15.4. The van der Waals surface area contributed by atoms with Gasteiger partial charge in [0.2, 0.25) is 27.8 Å². The third-order valence-electron chi connectivity index (χ3n) is 12.2. The van der Waals surface area contributed by atoms with Gasteiger partial charge in [-0.1, -0.05) is 6.07 Å². The molecule has 0 spiro atoms. The molecule has 1 aromatic heterocycles. The molecule has 4 aliphatic rings. The fraction of sp³-hybridized carbons (Fsp3) is 0.561. The molecule has 3 aromatic rings. The zero-order valence-corrected chi connectivity index (χ0v) is 34.3. The van der Waals surface area contributed by atoms with Gasteiger partial charge in [0, 0.05) is 69.7 Å². The van der Waals surface area contributed by atoms with Gasteiger partial charge in [-0.15, -0.1) is 0 Å². The molecule has 4 N–H and O–H groups in total. The van der Waals surface area contributed by atoms with Gasteiger partial charge in [0.15, 0.2) is 0 Å². The molecule has 320 valence electrons. The molecule has 4 heterocycles. The van der Waals surface area contributed by atoms with E-state index in [0.717, 1.165) is 32.1 Å². The summed E-state index contributed by atoms with van der Waals surface area (Å²) in [6, 6.07) is 9.32. The van der Waals surface area contributed by atoms with Crippen molar-refractivity contribution >= 4 is 45.0 Å². The van der Waals surface area contributed by atoms with E-state index in [-0.39, 0.29) is 53.4 Å². The highest BCUT2D eigenvalue weighted by molar-refractivity contribution is 7.89.